The van der Waals surface area contributed by atoms with E-state index in [0.717, 1.165) is 37.9 Å². The summed E-state index contributed by atoms with van der Waals surface area (Å²) in [7, 11) is 0. The Hall–Kier alpha value is -2.20. The van der Waals surface area contributed by atoms with Gasteiger partial charge in [-0.15, -0.1) is 0 Å². The van der Waals surface area contributed by atoms with E-state index in [-0.39, 0.29) is 0 Å². The molecule has 2 heterocycles. The van der Waals surface area contributed by atoms with Crippen LogP contribution in [0.5, 0.6) is 11.6 Å². The molecule has 0 radical (unpaired) electrons. The summed E-state index contributed by atoms with van der Waals surface area (Å²) < 4.78 is 6.98. The van der Waals surface area contributed by atoms with E-state index in [2.05, 4.69) is 25.9 Å². The van der Waals surface area contributed by atoms with Crippen LogP contribution >= 0.6 is 15.9 Å². The van der Waals surface area contributed by atoms with Gasteiger partial charge in [-0.1, -0.05) is 22.0 Å². The molecule has 4 heteroatoms. The number of halogens is 1. The summed E-state index contributed by atoms with van der Waals surface area (Å²) in [4.78, 5) is 9.12. The average Bonchev–Trinajstić information content (AvgIpc) is 2.64. The Morgan fingerprint density at radius 3 is 2.86 bits per heavy atom. The Balaban J connectivity index is 1.93. The fraction of sp³-hybridized carbons (Fsp3) is 0.0588. The summed E-state index contributed by atoms with van der Waals surface area (Å²) in [5, 5.41) is 1.06. The van der Waals surface area contributed by atoms with Gasteiger partial charge in [0.2, 0.25) is 5.88 Å². The summed E-state index contributed by atoms with van der Waals surface area (Å²) in [5.74, 6) is 1.33. The van der Waals surface area contributed by atoms with Gasteiger partial charge in [-0.3, -0.25) is 4.99 Å². The molecule has 4 rings (SSSR count). The lowest BCUT2D eigenvalue weighted by atomic mass is 10.1. The van der Waals surface area contributed by atoms with Crippen molar-refractivity contribution < 1.29 is 4.74 Å². The van der Waals surface area contributed by atoms with Crippen LogP contribution < -0.4 is 4.74 Å². The Kier molecular flexibility index (Phi) is 2.79. The van der Waals surface area contributed by atoms with Crippen LogP contribution in [0, 0.1) is 6.92 Å². The zero-order valence-electron chi connectivity index (χ0n) is 11.3. The fourth-order valence-corrected chi connectivity index (χ4v) is 2.76. The maximum absolute atomic E-state index is 5.95. The number of ether oxygens (including phenoxy) is 1. The van der Waals surface area contributed by atoms with Crippen LogP contribution in [-0.2, 0) is 0 Å². The van der Waals surface area contributed by atoms with Gasteiger partial charge in [0.05, 0.1) is 11.1 Å². The van der Waals surface area contributed by atoms with Crippen molar-refractivity contribution in [3.05, 3.63) is 58.1 Å². The predicted octanol–water partition coefficient (Wildman–Crippen LogP) is 5.16. The zero-order chi connectivity index (χ0) is 14.4. The van der Waals surface area contributed by atoms with Crippen molar-refractivity contribution in [2.75, 3.05) is 0 Å². The molecule has 0 fully saturated rings. The lowest BCUT2D eigenvalue weighted by Gasteiger charge is -2.08. The average molecular weight is 339 g/mol. The summed E-state index contributed by atoms with van der Waals surface area (Å²) in [6.07, 6.45) is 1.81. The van der Waals surface area contributed by atoms with E-state index in [4.69, 9.17) is 4.74 Å². The molecule has 1 aliphatic rings. The van der Waals surface area contributed by atoms with Gasteiger partial charge in [0.1, 0.15) is 5.69 Å². The van der Waals surface area contributed by atoms with Crippen molar-refractivity contribution in [2.24, 2.45) is 4.99 Å². The number of nitrogens with zero attached hydrogens (tertiary/aromatic N) is 2. The third kappa shape index (κ3) is 2.21. The van der Waals surface area contributed by atoms with Crippen molar-refractivity contribution in [2.45, 2.75) is 6.92 Å². The first-order valence-corrected chi connectivity index (χ1v) is 7.41. The van der Waals surface area contributed by atoms with Crippen LogP contribution in [0.4, 0.5) is 5.69 Å². The number of hydrogen-bond acceptors (Lipinski definition) is 3. The number of benzene rings is 2. The quantitative estimate of drug-likeness (QED) is 0.443. The van der Waals surface area contributed by atoms with Gasteiger partial charge in [0, 0.05) is 16.1 Å². The molecule has 102 valence electrons. The van der Waals surface area contributed by atoms with E-state index in [0.29, 0.717) is 5.88 Å². The monoisotopic (exact) mass is 338 g/mol. The normalized spacial score (nSPS) is 12.5. The molecule has 2 aromatic carbocycles. The molecule has 0 aliphatic carbocycles. The Morgan fingerprint density at radius 1 is 1.05 bits per heavy atom. The molecule has 0 spiro atoms. The highest BCUT2D eigenvalue weighted by molar-refractivity contribution is 9.10. The predicted molar refractivity (Wildman–Crippen MR) is 88.0 cm³/mol. The molecule has 0 bridgehead atoms. The highest BCUT2D eigenvalue weighted by Gasteiger charge is 2.14. The van der Waals surface area contributed by atoms with E-state index in [1.807, 2.05) is 55.6 Å². The van der Waals surface area contributed by atoms with Crippen LogP contribution in [-0.4, -0.2) is 11.2 Å². The number of pyridine rings is 1. The van der Waals surface area contributed by atoms with Gasteiger partial charge in [-0.25, -0.2) is 4.98 Å². The third-order valence-electron chi connectivity index (χ3n) is 3.43. The van der Waals surface area contributed by atoms with E-state index in [1.165, 1.54) is 0 Å². The van der Waals surface area contributed by atoms with Crippen LogP contribution in [0.2, 0.25) is 0 Å². The van der Waals surface area contributed by atoms with Gasteiger partial charge in [-0.2, -0.15) is 0 Å². The first-order chi connectivity index (χ1) is 10.2. The molecule has 3 nitrogen and oxygen atoms in total. The van der Waals surface area contributed by atoms with Gasteiger partial charge in [-0.05, 0) is 48.9 Å². The molecular weight excluding hydrogens is 328 g/mol. The first kappa shape index (κ1) is 12.5. The minimum absolute atomic E-state index is 0.594. The number of aryl methyl sites for hydroxylation is 1. The van der Waals surface area contributed by atoms with E-state index in [9.17, 15) is 0 Å². The van der Waals surface area contributed by atoms with Crippen molar-refractivity contribution in [1.82, 2.24) is 4.98 Å². The van der Waals surface area contributed by atoms with Gasteiger partial charge in [0.15, 0.2) is 5.75 Å². The number of aliphatic imine (C=N–C) groups is 1. The van der Waals surface area contributed by atoms with E-state index in [1.54, 1.807) is 0 Å². The molecule has 3 aromatic rings. The largest absolute Gasteiger partial charge is 0.436 e. The molecule has 21 heavy (non-hydrogen) atoms. The molecule has 0 saturated carbocycles. The Bertz CT molecular complexity index is 903. The molecule has 0 saturated heterocycles. The third-order valence-corrected chi connectivity index (χ3v) is 3.93. The van der Waals surface area contributed by atoms with E-state index >= 15 is 0 Å². The maximum Gasteiger partial charge on any atom is 0.228 e. The highest BCUT2D eigenvalue weighted by Crippen LogP contribution is 2.36. The van der Waals surface area contributed by atoms with Crippen molar-refractivity contribution in [3.8, 4) is 11.6 Å². The molecule has 0 amide bonds. The molecule has 1 aliphatic heterocycles. The second kappa shape index (κ2) is 4.67. The number of fused-ring (bicyclic) bond motifs is 3. The molecule has 0 unspecified atom stereocenters. The second-order valence-electron chi connectivity index (χ2n) is 5.05. The molecule has 0 atom stereocenters. The van der Waals surface area contributed by atoms with Crippen LogP contribution in [0.1, 0.15) is 11.1 Å². The summed E-state index contributed by atoms with van der Waals surface area (Å²) >= 11 is 3.48. The minimum atomic E-state index is 0.594. The molecular formula is C17H11BrN2O. The Labute approximate surface area is 130 Å². The zero-order valence-corrected chi connectivity index (χ0v) is 12.9. The summed E-state index contributed by atoms with van der Waals surface area (Å²) in [5.41, 5.74) is 3.77. The smallest absolute Gasteiger partial charge is 0.228 e. The highest BCUT2D eigenvalue weighted by atomic mass is 79.9. The fourth-order valence-electron chi connectivity index (χ4n) is 2.38. The lowest BCUT2D eigenvalue weighted by molar-refractivity contribution is 0.467. The first-order valence-electron chi connectivity index (χ1n) is 6.62. The summed E-state index contributed by atoms with van der Waals surface area (Å²) in [6.45, 7) is 2.04. The number of aromatic nitrogens is 1. The van der Waals surface area contributed by atoms with Crippen LogP contribution in [0.3, 0.4) is 0 Å². The second-order valence-corrected chi connectivity index (χ2v) is 5.97. The van der Waals surface area contributed by atoms with E-state index < -0.39 is 0 Å². The SMILES string of the molecule is Cc1ccc2c(c1)N=Cc1cc3cc(Br)ccc3nc1O2. The van der Waals surface area contributed by atoms with Gasteiger partial charge >= 0.3 is 0 Å². The topological polar surface area (TPSA) is 34.5 Å². The van der Waals surface area contributed by atoms with Gasteiger partial charge in [0.25, 0.3) is 0 Å². The van der Waals surface area contributed by atoms with Gasteiger partial charge < -0.3 is 4.74 Å². The van der Waals surface area contributed by atoms with Crippen LogP contribution in [0.15, 0.2) is 51.9 Å². The maximum atomic E-state index is 5.95. The standard InChI is InChI=1S/C17H11BrN2O/c1-10-2-5-16-15(6-10)19-9-12-7-11-8-13(18)3-4-14(11)20-17(12)21-16/h2-9H,1H3. The molecule has 1 aromatic heterocycles. The minimum Gasteiger partial charge on any atom is -0.436 e. The van der Waals surface area contributed by atoms with Crippen LogP contribution in [0.25, 0.3) is 10.9 Å². The van der Waals surface area contributed by atoms with Crippen molar-refractivity contribution in [3.63, 3.8) is 0 Å². The number of rotatable bonds is 0. The van der Waals surface area contributed by atoms with Crippen molar-refractivity contribution in [1.29, 1.82) is 0 Å². The van der Waals surface area contributed by atoms with Crippen molar-refractivity contribution >= 4 is 38.7 Å². The summed E-state index contributed by atoms with van der Waals surface area (Å²) in [6, 6.07) is 14.0. The molecule has 0 N–H and O–H groups in total. The lowest BCUT2D eigenvalue weighted by Crippen LogP contribution is -1.93. The number of hydrogen-bond donors (Lipinski definition) is 0. The Morgan fingerprint density at radius 2 is 1.95 bits per heavy atom.